The van der Waals surface area contributed by atoms with Crippen molar-refractivity contribution in [2.45, 2.75) is 4.90 Å². The molecule has 2 aromatic carbocycles. The number of hydrogen-bond donors (Lipinski definition) is 1. The van der Waals surface area contributed by atoms with Gasteiger partial charge < -0.3 is 14.8 Å². The lowest BCUT2D eigenvalue weighted by Gasteiger charge is -2.25. The molecule has 0 unspecified atom stereocenters. The van der Waals surface area contributed by atoms with E-state index in [0.29, 0.717) is 43.3 Å². The normalized spacial score (nSPS) is 14.7. The summed E-state index contributed by atoms with van der Waals surface area (Å²) in [5, 5.41) is 2.81. The molecule has 1 N–H and O–H groups in total. The van der Waals surface area contributed by atoms with Crippen LogP contribution < -0.4 is 10.1 Å². The van der Waals surface area contributed by atoms with Gasteiger partial charge >= 0.3 is 0 Å². The second-order valence-electron chi connectivity index (χ2n) is 6.80. The molecule has 0 aliphatic carbocycles. The molecule has 1 saturated heterocycles. The second kappa shape index (κ2) is 9.25. The fourth-order valence-corrected chi connectivity index (χ4v) is 4.39. The third-order valence-corrected chi connectivity index (χ3v) is 6.57. The third kappa shape index (κ3) is 5.08. The zero-order valence-electron chi connectivity index (χ0n) is 16.6. The van der Waals surface area contributed by atoms with E-state index >= 15 is 0 Å². The SMILES string of the molecule is O=C(Nc1ccc(Oc2ccc(S(=O)(=O)N3CCOCC3)cn2)cc1)c1ccccc1. The van der Waals surface area contributed by atoms with E-state index in [1.165, 1.54) is 22.6 Å². The number of nitrogens with one attached hydrogen (secondary N) is 1. The fraction of sp³-hybridized carbons (Fsp3) is 0.182. The van der Waals surface area contributed by atoms with Gasteiger partial charge in [-0.2, -0.15) is 4.31 Å². The van der Waals surface area contributed by atoms with Gasteiger partial charge in [-0.05, 0) is 42.5 Å². The van der Waals surface area contributed by atoms with Crippen LogP contribution in [0.25, 0.3) is 0 Å². The number of morpholine rings is 1. The summed E-state index contributed by atoms with van der Waals surface area (Å²) < 4.78 is 37.6. The first-order valence-corrected chi connectivity index (χ1v) is 11.1. The van der Waals surface area contributed by atoms with Crippen LogP contribution in [0.4, 0.5) is 5.69 Å². The van der Waals surface area contributed by atoms with Crippen LogP contribution in [0, 0.1) is 0 Å². The van der Waals surface area contributed by atoms with E-state index < -0.39 is 10.0 Å². The molecule has 0 atom stereocenters. The Morgan fingerprint density at radius 1 is 0.968 bits per heavy atom. The minimum Gasteiger partial charge on any atom is -0.439 e. The Hall–Kier alpha value is -3.27. The quantitative estimate of drug-likeness (QED) is 0.634. The summed E-state index contributed by atoms with van der Waals surface area (Å²) in [6.45, 7) is 1.42. The van der Waals surface area contributed by atoms with E-state index in [-0.39, 0.29) is 16.7 Å². The summed E-state index contributed by atoms with van der Waals surface area (Å²) in [5.74, 6) is 0.573. The van der Waals surface area contributed by atoms with Gasteiger partial charge in [0.05, 0.1) is 19.4 Å². The molecule has 4 rings (SSSR count). The lowest BCUT2D eigenvalue weighted by atomic mass is 10.2. The van der Waals surface area contributed by atoms with Gasteiger partial charge in [0.2, 0.25) is 15.9 Å². The highest BCUT2D eigenvalue weighted by molar-refractivity contribution is 7.89. The molecule has 0 spiro atoms. The van der Waals surface area contributed by atoms with Crippen molar-refractivity contribution in [1.82, 2.24) is 9.29 Å². The second-order valence-corrected chi connectivity index (χ2v) is 8.73. The number of hydrogen-bond acceptors (Lipinski definition) is 6. The van der Waals surface area contributed by atoms with E-state index in [4.69, 9.17) is 9.47 Å². The molecule has 8 nitrogen and oxygen atoms in total. The largest absolute Gasteiger partial charge is 0.439 e. The lowest BCUT2D eigenvalue weighted by Crippen LogP contribution is -2.40. The number of amides is 1. The number of pyridine rings is 1. The molecular weight excluding hydrogens is 418 g/mol. The van der Waals surface area contributed by atoms with Crippen LogP contribution in [0.3, 0.4) is 0 Å². The summed E-state index contributed by atoms with van der Waals surface area (Å²) in [6, 6.07) is 18.7. The van der Waals surface area contributed by atoms with Crippen LogP contribution in [0.5, 0.6) is 11.6 Å². The van der Waals surface area contributed by atoms with Crippen LogP contribution in [0.15, 0.2) is 77.8 Å². The monoisotopic (exact) mass is 439 g/mol. The van der Waals surface area contributed by atoms with Gasteiger partial charge in [0.25, 0.3) is 5.91 Å². The van der Waals surface area contributed by atoms with E-state index in [2.05, 4.69) is 10.3 Å². The molecule has 0 bridgehead atoms. The predicted molar refractivity (Wildman–Crippen MR) is 115 cm³/mol. The number of benzene rings is 2. The number of aromatic nitrogens is 1. The summed E-state index contributed by atoms with van der Waals surface area (Å²) in [6.07, 6.45) is 1.29. The summed E-state index contributed by atoms with van der Waals surface area (Å²) in [4.78, 5) is 16.4. The first-order chi connectivity index (χ1) is 15.0. The van der Waals surface area contributed by atoms with Gasteiger partial charge in [0, 0.05) is 30.4 Å². The van der Waals surface area contributed by atoms with Gasteiger partial charge in [0.1, 0.15) is 10.6 Å². The van der Waals surface area contributed by atoms with Crippen LogP contribution in [0.2, 0.25) is 0 Å². The number of sulfonamides is 1. The Kier molecular flexibility index (Phi) is 6.26. The Balaban J connectivity index is 1.38. The van der Waals surface area contributed by atoms with Crippen LogP contribution in [-0.2, 0) is 14.8 Å². The minimum atomic E-state index is -3.60. The van der Waals surface area contributed by atoms with Crippen molar-refractivity contribution < 1.29 is 22.7 Å². The van der Waals surface area contributed by atoms with Gasteiger partial charge in [0.15, 0.2) is 0 Å². The van der Waals surface area contributed by atoms with Gasteiger partial charge in [-0.15, -0.1) is 0 Å². The number of ether oxygens (including phenoxy) is 2. The average Bonchev–Trinajstić information content (AvgIpc) is 2.82. The molecule has 9 heteroatoms. The van der Waals surface area contributed by atoms with Crippen molar-refractivity contribution in [1.29, 1.82) is 0 Å². The van der Waals surface area contributed by atoms with E-state index in [1.807, 2.05) is 6.07 Å². The van der Waals surface area contributed by atoms with Gasteiger partial charge in [-0.25, -0.2) is 13.4 Å². The third-order valence-electron chi connectivity index (χ3n) is 4.69. The number of nitrogens with zero attached hydrogens (tertiary/aromatic N) is 2. The molecular formula is C22H21N3O5S. The minimum absolute atomic E-state index is 0.112. The Morgan fingerprint density at radius 2 is 1.68 bits per heavy atom. The van der Waals surface area contributed by atoms with Crippen molar-refractivity contribution in [3.05, 3.63) is 78.5 Å². The highest BCUT2D eigenvalue weighted by Gasteiger charge is 2.26. The number of carbonyl (C=O) groups excluding carboxylic acids is 1. The van der Waals surface area contributed by atoms with Crippen molar-refractivity contribution in [3.8, 4) is 11.6 Å². The van der Waals surface area contributed by atoms with Crippen LogP contribution in [-0.4, -0.2) is 49.9 Å². The molecule has 160 valence electrons. The van der Waals surface area contributed by atoms with Crippen LogP contribution in [0.1, 0.15) is 10.4 Å². The Labute approximate surface area is 180 Å². The molecule has 1 aromatic heterocycles. The summed E-state index contributed by atoms with van der Waals surface area (Å²) in [5.41, 5.74) is 1.19. The molecule has 0 radical (unpaired) electrons. The van der Waals surface area contributed by atoms with Crippen molar-refractivity contribution in [3.63, 3.8) is 0 Å². The highest BCUT2D eigenvalue weighted by Crippen LogP contribution is 2.24. The van der Waals surface area contributed by atoms with Crippen molar-refractivity contribution in [2.75, 3.05) is 31.6 Å². The molecule has 1 aliphatic rings. The number of rotatable bonds is 6. The van der Waals surface area contributed by atoms with E-state index in [9.17, 15) is 13.2 Å². The fourth-order valence-electron chi connectivity index (χ4n) is 3.04. The van der Waals surface area contributed by atoms with E-state index in [0.717, 1.165) is 0 Å². The molecule has 1 amide bonds. The average molecular weight is 439 g/mol. The standard InChI is InChI=1S/C22H21N3O5S/c26-22(17-4-2-1-3-5-17)24-18-6-8-19(9-7-18)30-21-11-10-20(16-23-21)31(27,28)25-12-14-29-15-13-25/h1-11,16H,12-15H2,(H,24,26). The predicted octanol–water partition coefficient (Wildman–Crippen LogP) is 3.15. The van der Waals surface area contributed by atoms with Crippen molar-refractivity contribution >= 4 is 21.6 Å². The van der Waals surface area contributed by atoms with Gasteiger partial charge in [-0.3, -0.25) is 4.79 Å². The zero-order valence-corrected chi connectivity index (χ0v) is 17.4. The lowest BCUT2D eigenvalue weighted by molar-refractivity contribution is 0.0730. The highest BCUT2D eigenvalue weighted by atomic mass is 32.2. The Bertz CT molecular complexity index is 1130. The maximum atomic E-state index is 12.6. The number of carbonyl (C=O) groups is 1. The maximum absolute atomic E-state index is 12.6. The first-order valence-electron chi connectivity index (χ1n) is 9.71. The van der Waals surface area contributed by atoms with Crippen molar-refractivity contribution in [2.24, 2.45) is 0 Å². The molecule has 3 aromatic rings. The molecule has 1 aliphatic heterocycles. The smallest absolute Gasteiger partial charge is 0.255 e. The first kappa shape index (κ1) is 21.0. The molecule has 1 fully saturated rings. The molecule has 2 heterocycles. The topological polar surface area (TPSA) is 97.8 Å². The van der Waals surface area contributed by atoms with Crippen LogP contribution >= 0.6 is 0 Å². The Morgan fingerprint density at radius 3 is 2.32 bits per heavy atom. The summed E-state index contributed by atoms with van der Waals surface area (Å²) in [7, 11) is -3.60. The van der Waals surface area contributed by atoms with Gasteiger partial charge in [-0.1, -0.05) is 18.2 Å². The van der Waals surface area contributed by atoms with E-state index in [1.54, 1.807) is 48.5 Å². The maximum Gasteiger partial charge on any atom is 0.255 e. The summed E-state index contributed by atoms with van der Waals surface area (Å²) >= 11 is 0. The zero-order chi connectivity index (χ0) is 21.7. The number of anilines is 1. The molecule has 31 heavy (non-hydrogen) atoms. The molecule has 0 saturated carbocycles.